The van der Waals surface area contributed by atoms with Crippen LogP contribution in [0.1, 0.15) is 31.0 Å². The van der Waals surface area contributed by atoms with Crippen molar-refractivity contribution < 1.29 is 13.5 Å². The van der Waals surface area contributed by atoms with Crippen molar-refractivity contribution in [2.24, 2.45) is 0 Å². The van der Waals surface area contributed by atoms with Crippen LogP contribution >= 0.6 is 0 Å². The van der Waals surface area contributed by atoms with Crippen LogP contribution in [-0.4, -0.2) is 13.2 Å². The molecule has 0 saturated heterocycles. The van der Waals surface area contributed by atoms with Crippen LogP contribution in [0, 0.1) is 6.92 Å². The van der Waals surface area contributed by atoms with Gasteiger partial charge in [0.2, 0.25) is 0 Å². The van der Waals surface area contributed by atoms with E-state index in [1.807, 2.05) is 32.9 Å². The van der Waals surface area contributed by atoms with Gasteiger partial charge in [-0.1, -0.05) is 19.1 Å². The zero-order chi connectivity index (χ0) is 12.1. The van der Waals surface area contributed by atoms with E-state index in [2.05, 4.69) is 10.1 Å². The van der Waals surface area contributed by atoms with Crippen LogP contribution < -0.4 is 10.1 Å². The predicted molar refractivity (Wildman–Crippen MR) is 59.9 cm³/mol. The minimum Gasteiger partial charge on any atom is -0.434 e. The van der Waals surface area contributed by atoms with E-state index in [0.29, 0.717) is 0 Å². The first kappa shape index (κ1) is 12.9. The molecule has 1 unspecified atom stereocenters. The van der Waals surface area contributed by atoms with Crippen molar-refractivity contribution in [1.29, 1.82) is 0 Å². The van der Waals surface area contributed by atoms with Gasteiger partial charge in [-0.05, 0) is 32.0 Å². The Morgan fingerprint density at radius 3 is 2.62 bits per heavy atom. The summed E-state index contributed by atoms with van der Waals surface area (Å²) in [6, 6.07) is 5.34. The first-order chi connectivity index (χ1) is 7.54. The summed E-state index contributed by atoms with van der Waals surface area (Å²) in [7, 11) is 0. The zero-order valence-corrected chi connectivity index (χ0v) is 9.76. The maximum Gasteiger partial charge on any atom is 0.387 e. The van der Waals surface area contributed by atoms with E-state index >= 15 is 0 Å². The Balaban J connectivity index is 2.97. The van der Waals surface area contributed by atoms with Crippen molar-refractivity contribution in [2.75, 3.05) is 6.54 Å². The molecule has 0 aliphatic rings. The molecular weight excluding hydrogens is 212 g/mol. The molecule has 0 heterocycles. The van der Waals surface area contributed by atoms with Crippen molar-refractivity contribution in [3.05, 3.63) is 29.3 Å². The Bertz CT molecular complexity index is 342. The van der Waals surface area contributed by atoms with Crippen LogP contribution in [-0.2, 0) is 0 Å². The van der Waals surface area contributed by atoms with Crippen molar-refractivity contribution in [3.8, 4) is 5.75 Å². The monoisotopic (exact) mass is 229 g/mol. The first-order valence-corrected chi connectivity index (χ1v) is 5.33. The fourth-order valence-corrected chi connectivity index (χ4v) is 1.61. The number of aryl methyl sites for hydroxylation is 1. The maximum absolute atomic E-state index is 12.2. The van der Waals surface area contributed by atoms with Crippen LogP contribution in [0.15, 0.2) is 18.2 Å². The molecule has 0 fully saturated rings. The molecule has 1 rings (SSSR count). The van der Waals surface area contributed by atoms with Crippen LogP contribution in [0.5, 0.6) is 5.75 Å². The Morgan fingerprint density at radius 1 is 1.38 bits per heavy atom. The molecule has 1 aromatic carbocycles. The maximum atomic E-state index is 12.2. The topological polar surface area (TPSA) is 21.3 Å². The van der Waals surface area contributed by atoms with Crippen LogP contribution in [0.25, 0.3) is 0 Å². The van der Waals surface area contributed by atoms with Crippen LogP contribution in [0.4, 0.5) is 8.78 Å². The van der Waals surface area contributed by atoms with Gasteiger partial charge in [0.1, 0.15) is 5.75 Å². The van der Waals surface area contributed by atoms with Gasteiger partial charge in [-0.2, -0.15) is 8.78 Å². The van der Waals surface area contributed by atoms with Crippen LogP contribution in [0.2, 0.25) is 0 Å². The van der Waals surface area contributed by atoms with E-state index in [4.69, 9.17) is 0 Å². The molecule has 90 valence electrons. The lowest BCUT2D eigenvalue weighted by atomic mass is 10.1. The number of nitrogens with one attached hydrogen (secondary N) is 1. The number of benzene rings is 1. The lowest BCUT2D eigenvalue weighted by Gasteiger charge is -2.17. The standard InChI is InChI=1S/C12H17F2NO/c1-4-15-9(3)10-6-5-8(2)7-11(10)16-12(13)14/h5-7,9,12,15H,4H2,1-3H3. The normalized spacial score (nSPS) is 12.9. The fraction of sp³-hybridized carbons (Fsp3) is 0.500. The quantitative estimate of drug-likeness (QED) is 0.836. The molecule has 1 atom stereocenters. The van der Waals surface area contributed by atoms with Crippen molar-refractivity contribution >= 4 is 0 Å². The Labute approximate surface area is 94.6 Å². The molecule has 0 aliphatic heterocycles. The lowest BCUT2D eigenvalue weighted by Crippen LogP contribution is -2.19. The van der Waals surface area contributed by atoms with Gasteiger partial charge in [-0.25, -0.2) is 0 Å². The zero-order valence-electron chi connectivity index (χ0n) is 9.76. The van der Waals surface area contributed by atoms with Crippen LogP contribution in [0.3, 0.4) is 0 Å². The number of halogens is 2. The second-order valence-corrected chi connectivity index (χ2v) is 3.70. The van der Waals surface area contributed by atoms with Gasteiger partial charge in [-0.3, -0.25) is 0 Å². The number of alkyl halides is 2. The number of ether oxygens (including phenoxy) is 1. The van der Waals surface area contributed by atoms with Crippen molar-refractivity contribution in [3.63, 3.8) is 0 Å². The summed E-state index contributed by atoms with van der Waals surface area (Å²) in [6.45, 7) is 3.74. The van der Waals surface area contributed by atoms with E-state index in [1.54, 1.807) is 6.07 Å². The molecule has 0 spiro atoms. The summed E-state index contributed by atoms with van der Waals surface area (Å²) in [4.78, 5) is 0. The molecule has 0 amide bonds. The highest BCUT2D eigenvalue weighted by molar-refractivity contribution is 5.39. The third-order valence-corrected chi connectivity index (χ3v) is 2.36. The summed E-state index contributed by atoms with van der Waals surface area (Å²) < 4.78 is 29.0. The van der Waals surface area contributed by atoms with Crippen molar-refractivity contribution in [1.82, 2.24) is 5.32 Å². The minimum absolute atomic E-state index is 0.000602. The summed E-state index contributed by atoms with van der Waals surface area (Å²) in [5.41, 5.74) is 1.66. The Kier molecular flexibility index (Phi) is 4.68. The molecule has 4 heteroatoms. The van der Waals surface area contributed by atoms with E-state index in [9.17, 15) is 8.78 Å². The predicted octanol–water partition coefficient (Wildman–Crippen LogP) is 3.27. The first-order valence-electron chi connectivity index (χ1n) is 5.33. The molecule has 16 heavy (non-hydrogen) atoms. The molecule has 1 N–H and O–H groups in total. The lowest BCUT2D eigenvalue weighted by molar-refractivity contribution is -0.0506. The molecule has 0 saturated carbocycles. The second kappa shape index (κ2) is 5.80. The molecule has 0 aliphatic carbocycles. The highest BCUT2D eigenvalue weighted by atomic mass is 19.3. The Hall–Kier alpha value is -1.16. The number of hydrogen-bond donors (Lipinski definition) is 1. The SMILES string of the molecule is CCNC(C)c1ccc(C)cc1OC(F)F. The van der Waals surface area contributed by atoms with E-state index < -0.39 is 6.61 Å². The van der Waals surface area contributed by atoms with Gasteiger partial charge >= 0.3 is 6.61 Å². The average Bonchev–Trinajstić information content (AvgIpc) is 2.16. The molecule has 0 bridgehead atoms. The van der Waals surface area contributed by atoms with E-state index in [-0.39, 0.29) is 11.8 Å². The van der Waals surface area contributed by atoms with E-state index in [0.717, 1.165) is 17.7 Å². The van der Waals surface area contributed by atoms with Gasteiger partial charge in [0, 0.05) is 11.6 Å². The third-order valence-electron chi connectivity index (χ3n) is 2.36. The molecule has 1 aromatic rings. The number of rotatable bonds is 5. The summed E-state index contributed by atoms with van der Waals surface area (Å²) in [5, 5.41) is 3.17. The average molecular weight is 229 g/mol. The molecule has 0 radical (unpaired) electrons. The van der Waals surface area contributed by atoms with Gasteiger partial charge in [0.15, 0.2) is 0 Å². The highest BCUT2D eigenvalue weighted by Crippen LogP contribution is 2.27. The Morgan fingerprint density at radius 2 is 2.06 bits per heavy atom. The fourth-order valence-electron chi connectivity index (χ4n) is 1.61. The van der Waals surface area contributed by atoms with Gasteiger partial charge in [0.25, 0.3) is 0 Å². The van der Waals surface area contributed by atoms with Crippen molar-refractivity contribution in [2.45, 2.75) is 33.4 Å². The summed E-state index contributed by atoms with van der Waals surface area (Å²) >= 11 is 0. The molecule has 2 nitrogen and oxygen atoms in total. The van der Waals surface area contributed by atoms with E-state index in [1.165, 1.54) is 0 Å². The largest absolute Gasteiger partial charge is 0.434 e. The summed E-state index contributed by atoms with van der Waals surface area (Å²) in [6.07, 6.45) is 0. The minimum atomic E-state index is -2.78. The number of hydrogen-bond acceptors (Lipinski definition) is 2. The van der Waals surface area contributed by atoms with Gasteiger partial charge < -0.3 is 10.1 Å². The smallest absolute Gasteiger partial charge is 0.387 e. The van der Waals surface area contributed by atoms with Gasteiger partial charge in [0.05, 0.1) is 0 Å². The third kappa shape index (κ3) is 3.45. The highest BCUT2D eigenvalue weighted by Gasteiger charge is 2.14. The molecular formula is C12H17F2NO. The van der Waals surface area contributed by atoms with Gasteiger partial charge in [-0.15, -0.1) is 0 Å². The molecule has 0 aromatic heterocycles. The summed E-state index contributed by atoms with van der Waals surface area (Å²) in [5.74, 6) is 0.253. The second-order valence-electron chi connectivity index (χ2n) is 3.70.